The van der Waals surface area contributed by atoms with Gasteiger partial charge in [0.15, 0.2) is 0 Å². The third-order valence-electron chi connectivity index (χ3n) is 7.43. The second kappa shape index (κ2) is 15.9. The number of alkyl halides is 3. The van der Waals surface area contributed by atoms with Crippen LogP contribution in [0.25, 0.3) is 20.7 Å². The fourth-order valence-corrected chi connectivity index (χ4v) is 7.11. The van der Waals surface area contributed by atoms with E-state index in [4.69, 9.17) is 31.3 Å². The molecule has 0 unspecified atom stereocenters. The first-order valence-electron chi connectivity index (χ1n) is 15.2. The smallest absolute Gasteiger partial charge is 0.487 e. The molecule has 0 saturated heterocycles. The number of aromatic nitrogens is 4. The average molecular weight is 771 g/mol. The van der Waals surface area contributed by atoms with Crippen LogP contribution in [0, 0.1) is 5.82 Å². The van der Waals surface area contributed by atoms with E-state index in [-0.39, 0.29) is 37.8 Å². The SMILES string of the molecule is CS(=O)(=O)CCNC[C@@H](O)Cn1cc2c(n1)CCc1c-2sc2ncnc(Nc3ccc(OCc4cccc(F)c4)c(Cl)c3)c12.O=C(O)C(F)(F)F. The Labute approximate surface area is 298 Å². The highest BCUT2D eigenvalue weighted by Gasteiger charge is 2.38. The first-order valence-corrected chi connectivity index (χ1v) is 18.5. The van der Waals surface area contributed by atoms with E-state index in [0.29, 0.717) is 22.2 Å². The van der Waals surface area contributed by atoms with Crippen molar-refractivity contribution in [2.45, 2.75) is 38.3 Å². The number of anilines is 2. The Kier molecular flexibility index (Phi) is 11.8. The third kappa shape index (κ3) is 10.1. The van der Waals surface area contributed by atoms with Crippen LogP contribution in [0.2, 0.25) is 5.02 Å². The van der Waals surface area contributed by atoms with E-state index in [1.54, 1.807) is 40.3 Å². The Bertz CT molecular complexity index is 2140. The minimum absolute atomic E-state index is 0.0228. The molecule has 12 nitrogen and oxygen atoms in total. The number of carboxylic acid groups (broad SMARTS) is 1. The molecule has 51 heavy (non-hydrogen) atoms. The van der Waals surface area contributed by atoms with Gasteiger partial charge >= 0.3 is 12.1 Å². The minimum atomic E-state index is -5.08. The number of carbonyl (C=O) groups is 1. The first kappa shape index (κ1) is 37.9. The molecule has 272 valence electrons. The van der Waals surface area contributed by atoms with Gasteiger partial charge in [0.1, 0.15) is 45.0 Å². The standard InChI is InChI=1S/C30H30ClFN6O4S2.C2HF3O2/c1-44(40,41)10-9-33-13-21(39)14-38-15-23-25(37-38)7-6-22-27-29(34-17-35-30(27)43-28(22)23)36-20-5-8-26(24(31)12-20)42-16-18-3-2-4-19(32)11-18;3-2(4,5)1(6)7/h2-5,8,11-12,15,17,21,33,39H,6-7,9-10,13-14,16H2,1H3,(H,34,35,36);(H,6,7)/t21-;/m1./s1. The molecule has 0 amide bonds. The summed E-state index contributed by atoms with van der Waals surface area (Å²) >= 11 is 8.11. The van der Waals surface area contributed by atoms with Crippen molar-refractivity contribution in [1.29, 1.82) is 0 Å². The number of fused-ring (bicyclic) bond motifs is 5. The number of aliphatic hydroxyl groups excluding tert-OH is 1. The number of thiophene rings is 1. The van der Waals surface area contributed by atoms with E-state index in [1.165, 1.54) is 24.7 Å². The molecule has 3 heterocycles. The molecule has 5 aromatic rings. The van der Waals surface area contributed by atoms with E-state index in [0.717, 1.165) is 50.4 Å². The molecule has 19 heteroatoms. The summed E-state index contributed by atoms with van der Waals surface area (Å²) in [5.74, 6) is -1.90. The Hall–Kier alpha value is -4.36. The molecule has 0 saturated carbocycles. The Morgan fingerprint density at radius 3 is 2.63 bits per heavy atom. The summed E-state index contributed by atoms with van der Waals surface area (Å²) in [6.07, 6.45) is 0.373. The highest BCUT2D eigenvalue weighted by molar-refractivity contribution is 7.90. The lowest BCUT2D eigenvalue weighted by molar-refractivity contribution is -0.192. The highest BCUT2D eigenvalue weighted by Crippen LogP contribution is 2.45. The van der Waals surface area contributed by atoms with Gasteiger partial charge < -0.3 is 25.6 Å². The minimum Gasteiger partial charge on any atom is -0.487 e. The number of aryl methyl sites for hydroxylation is 2. The number of aliphatic hydroxyl groups is 1. The monoisotopic (exact) mass is 770 g/mol. The summed E-state index contributed by atoms with van der Waals surface area (Å²) in [6, 6.07) is 11.6. The van der Waals surface area contributed by atoms with Gasteiger partial charge in [0.05, 0.1) is 34.5 Å². The lowest BCUT2D eigenvalue weighted by Crippen LogP contribution is -2.33. The molecular weight excluding hydrogens is 740 g/mol. The number of sulfone groups is 1. The highest BCUT2D eigenvalue weighted by atomic mass is 35.5. The maximum absolute atomic E-state index is 13.5. The predicted molar refractivity (Wildman–Crippen MR) is 184 cm³/mol. The van der Waals surface area contributed by atoms with Crippen molar-refractivity contribution in [3.8, 4) is 16.2 Å². The van der Waals surface area contributed by atoms with E-state index in [1.807, 2.05) is 12.3 Å². The number of halogens is 5. The predicted octanol–water partition coefficient (Wildman–Crippen LogP) is 5.40. The van der Waals surface area contributed by atoms with E-state index in [2.05, 4.69) is 20.6 Å². The zero-order valence-corrected chi connectivity index (χ0v) is 29.1. The fourth-order valence-electron chi connectivity index (χ4n) is 5.14. The molecule has 1 aliphatic rings. The third-order valence-corrected chi connectivity index (χ3v) is 9.84. The van der Waals surface area contributed by atoms with Crippen molar-refractivity contribution in [2.75, 3.05) is 30.4 Å². The summed E-state index contributed by atoms with van der Waals surface area (Å²) in [7, 11) is -3.05. The number of nitrogens with zero attached hydrogens (tertiary/aromatic N) is 4. The molecule has 0 radical (unpaired) electrons. The van der Waals surface area contributed by atoms with Gasteiger partial charge in [-0.15, -0.1) is 11.3 Å². The van der Waals surface area contributed by atoms with Crippen LogP contribution in [0.5, 0.6) is 5.75 Å². The quantitative estimate of drug-likeness (QED) is 0.0948. The zero-order valence-electron chi connectivity index (χ0n) is 26.7. The molecule has 0 aliphatic heterocycles. The number of hydrogen-bond donors (Lipinski definition) is 4. The number of rotatable bonds is 12. The summed E-state index contributed by atoms with van der Waals surface area (Å²) in [4.78, 5) is 19.9. The first-order chi connectivity index (χ1) is 24.1. The van der Waals surface area contributed by atoms with Crippen LogP contribution in [-0.4, -0.2) is 81.7 Å². The van der Waals surface area contributed by atoms with Crippen LogP contribution in [0.1, 0.15) is 16.8 Å². The Balaban J connectivity index is 0.000000654. The van der Waals surface area contributed by atoms with Gasteiger partial charge in [0.25, 0.3) is 0 Å². The second-order valence-corrected chi connectivity index (χ2v) is 15.2. The van der Waals surface area contributed by atoms with Gasteiger partial charge in [-0.2, -0.15) is 18.3 Å². The fraction of sp³-hybridized carbons (Fsp3) is 0.312. The van der Waals surface area contributed by atoms with Crippen molar-refractivity contribution in [3.63, 3.8) is 0 Å². The number of nitrogens with one attached hydrogen (secondary N) is 2. The van der Waals surface area contributed by atoms with Crippen molar-refractivity contribution >= 4 is 60.5 Å². The molecule has 1 atom stereocenters. The Morgan fingerprint density at radius 2 is 1.94 bits per heavy atom. The zero-order chi connectivity index (χ0) is 36.9. The van der Waals surface area contributed by atoms with Gasteiger partial charge in [-0.25, -0.2) is 27.6 Å². The maximum Gasteiger partial charge on any atom is 0.490 e. The number of aliphatic carboxylic acids is 1. The number of hydrogen-bond acceptors (Lipinski definition) is 11. The van der Waals surface area contributed by atoms with Gasteiger partial charge in [-0.05, 0) is 54.3 Å². The van der Waals surface area contributed by atoms with Crippen molar-refractivity contribution in [2.24, 2.45) is 0 Å². The second-order valence-electron chi connectivity index (χ2n) is 11.5. The normalized spacial score (nSPS) is 13.2. The molecule has 2 aromatic carbocycles. The number of ether oxygens (including phenoxy) is 1. The summed E-state index contributed by atoms with van der Waals surface area (Å²) in [5, 5.41) is 30.1. The average Bonchev–Trinajstić information content (AvgIpc) is 3.64. The molecule has 3 aromatic heterocycles. The van der Waals surface area contributed by atoms with E-state index in [9.17, 15) is 31.1 Å². The molecular formula is C32H31ClF4N6O6S2. The molecule has 0 fully saturated rings. The van der Waals surface area contributed by atoms with Gasteiger partial charge in [0, 0.05) is 41.7 Å². The van der Waals surface area contributed by atoms with Crippen molar-refractivity contribution < 1.29 is 45.7 Å². The van der Waals surface area contributed by atoms with Gasteiger partial charge in [0.2, 0.25) is 0 Å². The van der Waals surface area contributed by atoms with Crippen LogP contribution in [-0.2, 0) is 40.6 Å². The number of benzene rings is 2. The summed E-state index contributed by atoms with van der Waals surface area (Å²) in [6.45, 7) is 1.03. The largest absolute Gasteiger partial charge is 0.490 e. The molecule has 4 N–H and O–H groups in total. The number of carboxylic acids is 1. The van der Waals surface area contributed by atoms with Crippen LogP contribution in [0.15, 0.2) is 55.0 Å². The molecule has 1 aliphatic carbocycles. The van der Waals surface area contributed by atoms with Crippen LogP contribution < -0.4 is 15.4 Å². The van der Waals surface area contributed by atoms with Crippen LogP contribution in [0.4, 0.5) is 29.1 Å². The van der Waals surface area contributed by atoms with Crippen LogP contribution in [0.3, 0.4) is 0 Å². The lowest BCUT2D eigenvalue weighted by atomic mass is 9.95. The van der Waals surface area contributed by atoms with Gasteiger partial charge in [-0.1, -0.05) is 23.7 Å². The van der Waals surface area contributed by atoms with E-state index < -0.39 is 28.1 Å². The molecule has 0 bridgehead atoms. The topological polar surface area (TPSA) is 169 Å². The summed E-state index contributed by atoms with van der Waals surface area (Å²) < 4.78 is 75.4. The lowest BCUT2D eigenvalue weighted by Gasteiger charge is -2.13. The van der Waals surface area contributed by atoms with Crippen molar-refractivity contribution in [3.05, 3.63) is 82.6 Å². The molecule has 6 rings (SSSR count). The molecule has 0 spiro atoms. The maximum atomic E-state index is 13.5. The summed E-state index contributed by atoms with van der Waals surface area (Å²) in [5.41, 5.74) is 4.56. The Morgan fingerprint density at radius 1 is 1.18 bits per heavy atom. The van der Waals surface area contributed by atoms with Crippen LogP contribution >= 0.6 is 22.9 Å². The van der Waals surface area contributed by atoms with E-state index >= 15 is 0 Å². The van der Waals surface area contributed by atoms with Gasteiger partial charge in [-0.3, -0.25) is 4.68 Å². The van der Waals surface area contributed by atoms with Crippen molar-refractivity contribution in [1.82, 2.24) is 25.1 Å².